The summed E-state index contributed by atoms with van der Waals surface area (Å²) in [6.45, 7) is 0. The number of carbonyl (C=O) groups excluding carboxylic acids is 1. The minimum absolute atomic E-state index is 0.0656. The summed E-state index contributed by atoms with van der Waals surface area (Å²) in [5.74, 6) is -1.27. The lowest BCUT2D eigenvalue weighted by Gasteiger charge is -2.05. The van der Waals surface area contributed by atoms with E-state index in [9.17, 15) is 9.18 Å². The third-order valence-electron chi connectivity index (χ3n) is 2.46. The Balaban J connectivity index is 2.20. The summed E-state index contributed by atoms with van der Waals surface area (Å²) in [5, 5.41) is 0. The molecule has 0 unspecified atom stereocenters. The Bertz CT molecular complexity index is 599. The number of anilines is 1. The lowest BCUT2D eigenvalue weighted by Crippen LogP contribution is -2.04. The highest BCUT2D eigenvalue weighted by Gasteiger charge is 2.12. The Hall–Kier alpha value is -2.01. The molecule has 0 heterocycles. The van der Waals surface area contributed by atoms with E-state index in [1.807, 2.05) is 12.1 Å². The molecule has 0 bridgehead atoms. The van der Waals surface area contributed by atoms with Gasteiger partial charge in [0, 0.05) is 15.5 Å². The highest BCUT2D eigenvalue weighted by atomic mass is 32.2. The zero-order valence-electron chi connectivity index (χ0n) is 10.2. The molecule has 3 nitrogen and oxygen atoms in total. The van der Waals surface area contributed by atoms with Crippen molar-refractivity contribution in [3.63, 3.8) is 0 Å². The molecule has 0 aliphatic carbocycles. The predicted octanol–water partition coefficient (Wildman–Crippen LogP) is 3.35. The van der Waals surface area contributed by atoms with Crippen LogP contribution in [0.15, 0.2) is 52.3 Å². The van der Waals surface area contributed by atoms with Gasteiger partial charge in [-0.2, -0.15) is 0 Å². The van der Waals surface area contributed by atoms with E-state index < -0.39 is 11.8 Å². The van der Waals surface area contributed by atoms with Crippen molar-refractivity contribution in [3.05, 3.63) is 53.8 Å². The fourth-order valence-corrected chi connectivity index (χ4v) is 2.35. The normalized spacial score (nSPS) is 10.2. The van der Waals surface area contributed by atoms with Gasteiger partial charge >= 0.3 is 5.97 Å². The number of halogens is 1. The molecular weight excluding hydrogens is 265 g/mol. The smallest absolute Gasteiger partial charge is 0.340 e. The number of esters is 1. The summed E-state index contributed by atoms with van der Waals surface area (Å²) in [6.07, 6.45) is 0. The van der Waals surface area contributed by atoms with E-state index >= 15 is 0 Å². The Morgan fingerprint density at radius 2 is 1.79 bits per heavy atom. The van der Waals surface area contributed by atoms with Crippen molar-refractivity contribution in [2.24, 2.45) is 0 Å². The Morgan fingerprint density at radius 1 is 1.16 bits per heavy atom. The average Bonchev–Trinajstić information content (AvgIpc) is 2.41. The first-order chi connectivity index (χ1) is 9.10. The van der Waals surface area contributed by atoms with Crippen molar-refractivity contribution in [1.29, 1.82) is 0 Å². The molecule has 0 aliphatic heterocycles. The first kappa shape index (κ1) is 13.4. The number of hydrogen-bond donors (Lipinski definition) is 1. The topological polar surface area (TPSA) is 52.3 Å². The monoisotopic (exact) mass is 277 g/mol. The molecule has 0 aromatic heterocycles. The van der Waals surface area contributed by atoms with E-state index in [1.165, 1.54) is 31.0 Å². The van der Waals surface area contributed by atoms with Crippen LogP contribution in [-0.2, 0) is 4.74 Å². The van der Waals surface area contributed by atoms with E-state index in [1.54, 1.807) is 18.2 Å². The number of ether oxygens (including phenoxy) is 1. The second-order valence-electron chi connectivity index (χ2n) is 3.80. The second-order valence-corrected chi connectivity index (χ2v) is 4.95. The number of methoxy groups -OCH3 is 1. The SMILES string of the molecule is COC(=O)c1ccc(Sc2ccc(N)cc2)cc1F. The summed E-state index contributed by atoms with van der Waals surface area (Å²) in [4.78, 5) is 12.9. The molecule has 19 heavy (non-hydrogen) atoms. The van der Waals surface area contributed by atoms with Crippen molar-refractivity contribution in [1.82, 2.24) is 0 Å². The van der Waals surface area contributed by atoms with Crippen molar-refractivity contribution in [3.8, 4) is 0 Å². The van der Waals surface area contributed by atoms with Crippen LogP contribution >= 0.6 is 11.8 Å². The number of hydrogen-bond acceptors (Lipinski definition) is 4. The van der Waals surface area contributed by atoms with E-state index in [4.69, 9.17) is 5.73 Å². The standard InChI is InChI=1S/C14H12FNO2S/c1-18-14(17)12-7-6-11(8-13(12)15)19-10-4-2-9(16)3-5-10/h2-8H,16H2,1H3. The summed E-state index contributed by atoms with van der Waals surface area (Å²) >= 11 is 1.39. The molecule has 0 saturated heterocycles. The van der Waals surface area contributed by atoms with Gasteiger partial charge in [0.15, 0.2) is 0 Å². The van der Waals surface area contributed by atoms with Gasteiger partial charge in [0.2, 0.25) is 0 Å². The zero-order valence-corrected chi connectivity index (χ0v) is 11.0. The number of rotatable bonds is 3. The summed E-state index contributed by atoms with van der Waals surface area (Å²) in [7, 11) is 1.22. The van der Waals surface area contributed by atoms with Crippen LogP contribution in [0.2, 0.25) is 0 Å². The van der Waals surface area contributed by atoms with Gasteiger partial charge < -0.3 is 10.5 Å². The summed E-state index contributed by atoms with van der Waals surface area (Å²) in [6, 6.07) is 11.7. The van der Waals surface area contributed by atoms with Gasteiger partial charge in [-0.25, -0.2) is 9.18 Å². The van der Waals surface area contributed by atoms with Crippen molar-refractivity contribution in [2.75, 3.05) is 12.8 Å². The lowest BCUT2D eigenvalue weighted by atomic mass is 10.2. The van der Waals surface area contributed by atoms with Crippen LogP contribution in [0.25, 0.3) is 0 Å². The number of carbonyl (C=O) groups is 1. The molecule has 0 amide bonds. The number of nitrogen functional groups attached to an aromatic ring is 1. The van der Waals surface area contributed by atoms with E-state index in [0.717, 1.165) is 4.90 Å². The highest BCUT2D eigenvalue weighted by molar-refractivity contribution is 7.99. The molecule has 0 saturated carbocycles. The van der Waals surface area contributed by atoms with Crippen molar-refractivity contribution in [2.45, 2.75) is 9.79 Å². The molecular formula is C14H12FNO2S. The van der Waals surface area contributed by atoms with Gasteiger partial charge in [0.25, 0.3) is 0 Å². The molecule has 0 atom stereocenters. The molecule has 98 valence electrons. The van der Waals surface area contributed by atoms with Crippen LogP contribution in [0.4, 0.5) is 10.1 Å². The third kappa shape index (κ3) is 3.26. The lowest BCUT2D eigenvalue weighted by molar-refractivity contribution is 0.0595. The van der Waals surface area contributed by atoms with Gasteiger partial charge in [-0.1, -0.05) is 11.8 Å². The van der Waals surface area contributed by atoms with Crippen LogP contribution in [0.1, 0.15) is 10.4 Å². The first-order valence-electron chi connectivity index (χ1n) is 5.51. The average molecular weight is 277 g/mol. The molecule has 0 radical (unpaired) electrons. The molecule has 0 aliphatic rings. The van der Waals surface area contributed by atoms with E-state index in [2.05, 4.69) is 4.74 Å². The van der Waals surface area contributed by atoms with Crippen LogP contribution in [0, 0.1) is 5.82 Å². The van der Waals surface area contributed by atoms with Crippen LogP contribution in [0.5, 0.6) is 0 Å². The van der Waals surface area contributed by atoms with Crippen LogP contribution < -0.4 is 5.73 Å². The minimum atomic E-state index is -0.679. The molecule has 5 heteroatoms. The highest BCUT2D eigenvalue weighted by Crippen LogP contribution is 2.29. The van der Waals surface area contributed by atoms with Gasteiger partial charge in [0.1, 0.15) is 5.82 Å². The molecule has 2 N–H and O–H groups in total. The molecule has 2 rings (SSSR count). The maximum absolute atomic E-state index is 13.7. The van der Waals surface area contributed by atoms with E-state index in [-0.39, 0.29) is 5.56 Å². The Morgan fingerprint density at radius 3 is 2.37 bits per heavy atom. The van der Waals surface area contributed by atoms with Crippen LogP contribution in [0.3, 0.4) is 0 Å². The Labute approximate surface area is 114 Å². The number of nitrogens with two attached hydrogens (primary N) is 1. The van der Waals surface area contributed by atoms with Crippen LogP contribution in [-0.4, -0.2) is 13.1 Å². The van der Waals surface area contributed by atoms with Crippen molar-refractivity contribution < 1.29 is 13.9 Å². The predicted molar refractivity (Wildman–Crippen MR) is 72.7 cm³/mol. The van der Waals surface area contributed by atoms with Gasteiger partial charge in [-0.05, 0) is 42.5 Å². The van der Waals surface area contributed by atoms with Gasteiger partial charge in [-0.3, -0.25) is 0 Å². The molecule has 0 spiro atoms. The zero-order chi connectivity index (χ0) is 13.8. The largest absolute Gasteiger partial charge is 0.465 e. The van der Waals surface area contributed by atoms with Gasteiger partial charge in [0.05, 0.1) is 12.7 Å². The maximum atomic E-state index is 13.7. The third-order valence-corrected chi connectivity index (χ3v) is 3.46. The fraction of sp³-hybridized carbons (Fsp3) is 0.0714. The first-order valence-corrected chi connectivity index (χ1v) is 6.33. The molecule has 2 aromatic carbocycles. The summed E-state index contributed by atoms with van der Waals surface area (Å²) in [5.41, 5.74) is 6.20. The van der Waals surface area contributed by atoms with Crippen molar-refractivity contribution >= 4 is 23.4 Å². The quantitative estimate of drug-likeness (QED) is 0.690. The summed E-state index contributed by atoms with van der Waals surface area (Å²) < 4.78 is 18.2. The number of benzene rings is 2. The molecule has 2 aromatic rings. The maximum Gasteiger partial charge on any atom is 0.340 e. The molecule has 0 fully saturated rings. The second kappa shape index (κ2) is 5.75. The fourth-order valence-electron chi connectivity index (χ4n) is 1.51. The minimum Gasteiger partial charge on any atom is -0.465 e. The Kier molecular flexibility index (Phi) is 4.06. The van der Waals surface area contributed by atoms with Gasteiger partial charge in [-0.15, -0.1) is 0 Å². The van der Waals surface area contributed by atoms with E-state index in [0.29, 0.717) is 10.6 Å².